The van der Waals surface area contributed by atoms with Crippen LogP contribution >= 0.6 is 0 Å². The fraction of sp³-hybridized carbons (Fsp3) is 0.125. The number of benzene rings is 1. The smallest absolute Gasteiger partial charge is 0.301 e. The lowest BCUT2D eigenvalue weighted by Crippen LogP contribution is -2.04. The predicted molar refractivity (Wildman–Crippen MR) is 38.9 cm³/mol. The van der Waals surface area contributed by atoms with Crippen LogP contribution in [0.3, 0.4) is 0 Å². The number of rotatable bonds is 2. The van der Waals surface area contributed by atoms with Crippen LogP contribution in [0.15, 0.2) is 30.3 Å². The zero-order chi connectivity index (χ0) is 8.10. The van der Waals surface area contributed by atoms with Gasteiger partial charge in [-0.3, -0.25) is 0 Å². The molecule has 0 saturated carbocycles. The van der Waals surface area contributed by atoms with Crippen molar-refractivity contribution in [3.05, 3.63) is 35.9 Å². The van der Waals surface area contributed by atoms with Crippen molar-refractivity contribution in [3.8, 4) is 0 Å². The van der Waals surface area contributed by atoms with Crippen LogP contribution in [0.4, 0.5) is 0 Å². The summed E-state index contributed by atoms with van der Waals surface area (Å²) in [5.41, 5.74) is 0.826. The van der Waals surface area contributed by atoms with Crippen LogP contribution in [0.25, 0.3) is 0 Å². The Morgan fingerprint density at radius 1 is 1.36 bits per heavy atom. The molecule has 0 atom stereocenters. The quantitative estimate of drug-likeness (QED) is 0.512. The van der Waals surface area contributed by atoms with E-state index in [1.54, 1.807) is 12.1 Å². The summed E-state index contributed by atoms with van der Waals surface area (Å²) in [4.78, 5) is 14.0. The van der Waals surface area contributed by atoms with Crippen LogP contribution in [0.5, 0.6) is 0 Å². The Kier molecular flexibility index (Phi) is 2.63. The van der Waals surface area contributed by atoms with E-state index in [2.05, 4.69) is 4.89 Å². The maximum atomic E-state index is 10.5. The highest BCUT2D eigenvalue weighted by atomic mass is 17.1. The van der Waals surface area contributed by atoms with Gasteiger partial charge in [-0.2, -0.15) is 5.26 Å². The molecule has 58 valence electrons. The lowest BCUT2D eigenvalue weighted by Gasteiger charge is -1.95. The van der Waals surface area contributed by atoms with Gasteiger partial charge in [0.1, 0.15) is 0 Å². The first-order chi connectivity index (χ1) is 5.33. The zero-order valence-electron chi connectivity index (χ0n) is 5.86. The molecule has 0 fully saturated rings. The van der Waals surface area contributed by atoms with Crippen LogP contribution in [0.1, 0.15) is 5.56 Å². The molecule has 1 rings (SSSR count). The molecule has 1 aromatic rings. The fourth-order valence-electron chi connectivity index (χ4n) is 0.795. The van der Waals surface area contributed by atoms with Gasteiger partial charge < -0.3 is 4.89 Å². The molecule has 3 heteroatoms. The van der Waals surface area contributed by atoms with E-state index in [1.807, 2.05) is 18.2 Å². The van der Waals surface area contributed by atoms with Gasteiger partial charge >= 0.3 is 5.97 Å². The van der Waals surface area contributed by atoms with Gasteiger partial charge in [0.2, 0.25) is 0 Å². The van der Waals surface area contributed by atoms with E-state index in [4.69, 9.17) is 5.26 Å². The number of carbonyl (C=O) groups excluding carboxylic acids is 1. The third-order valence-corrected chi connectivity index (χ3v) is 1.29. The van der Waals surface area contributed by atoms with Crippen LogP contribution < -0.4 is 0 Å². The first-order valence-electron chi connectivity index (χ1n) is 3.21. The molecular formula is C8H8O3. The van der Waals surface area contributed by atoms with Crippen molar-refractivity contribution in [2.24, 2.45) is 0 Å². The number of carbonyl (C=O) groups is 1. The van der Waals surface area contributed by atoms with E-state index in [9.17, 15) is 4.79 Å². The van der Waals surface area contributed by atoms with E-state index < -0.39 is 5.97 Å². The van der Waals surface area contributed by atoms with Crippen molar-refractivity contribution < 1.29 is 14.9 Å². The van der Waals surface area contributed by atoms with Crippen molar-refractivity contribution >= 4 is 5.97 Å². The summed E-state index contributed by atoms with van der Waals surface area (Å²) < 4.78 is 0. The van der Waals surface area contributed by atoms with E-state index in [1.165, 1.54) is 0 Å². The normalized spacial score (nSPS) is 9.18. The summed E-state index contributed by atoms with van der Waals surface area (Å²) >= 11 is 0. The molecular weight excluding hydrogens is 144 g/mol. The summed E-state index contributed by atoms with van der Waals surface area (Å²) in [5.74, 6) is -0.642. The van der Waals surface area contributed by atoms with E-state index in [-0.39, 0.29) is 6.42 Å². The Balaban J connectivity index is 2.58. The minimum atomic E-state index is -0.642. The van der Waals surface area contributed by atoms with Crippen LogP contribution in [0, 0.1) is 0 Å². The molecule has 0 amide bonds. The van der Waals surface area contributed by atoms with Crippen LogP contribution in [-0.2, 0) is 16.1 Å². The van der Waals surface area contributed by atoms with Gasteiger partial charge in [0, 0.05) is 0 Å². The Morgan fingerprint density at radius 2 is 2.00 bits per heavy atom. The third-order valence-electron chi connectivity index (χ3n) is 1.29. The summed E-state index contributed by atoms with van der Waals surface area (Å²) in [7, 11) is 0. The molecule has 0 aliphatic carbocycles. The average Bonchev–Trinajstić information content (AvgIpc) is 2.06. The second kappa shape index (κ2) is 3.73. The van der Waals surface area contributed by atoms with Gasteiger partial charge in [-0.1, -0.05) is 30.3 Å². The van der Waals surface area contributed by atoms with Gasteiger partial charge in [-0.25, -0.2) is 4.79 Å². The Hall–Kier alpha value is -1.35. The highest BCUT2D eigenvalue weighted by Gasteiger charge is 2.01. The van der Waals surface area contributed by atoms with Gasteiger partial charge in [-0.05, 0) is 5.56 Å². The highest BCUT2D eigenvalue weighted by molar-refractivity contribution is 5.71. The molecule has 0 spiro atoms. The molecule has 0 radical (unpaired) electrons. The third kappa shape index (κ3) is 2.39. The first-order valence-corrected chi connectivity index (χ1v) is 3.21. The second-order valence-corrected chi connectivity index (χ2v) is 2.13. The zero-order valence-corrected chi connectivity index (χ0v) is 5.86. The summed E-state index contributed by atoms with van der Waals surface area (Å²) in [6.45, 7) is 0. The number of hydrogen-bond acceptors (Lipinski definition) is 3. The van der Waals surface area contributed by atoms with Gasteiger partial charge in [0.15, 0.2) is 0 Å². The maximum Gasteiger partial charge on any atom is 0.346 e. The Bertz CT molecular complexity index is 230. The molecule has 0 aliphatic heterocycles. The van der Waals surface area contributed by atoms with E-state index in [0.29, 0.717) is 0 Å². The fourth-order valence-corrected chi connectivity index (χ4v) is 0.795. The van der Waals surface area contributed by atoms with Gasteiger partial charge in [0.25, 0.3) is 0 Å². The molecule has 1 N–H and O–H groups in total. The largest absolute Gasteiger partial charge is 0.346 e. The van der Waals surface area contributed by atoms with Gasteiger partial charge in [0.05, 0.1) is 6.42 Å². The first kappa shape index (κ1) is 7.75. The molecule has 0 heterocycles. The molecule has 0 unspecified atom stereocenters. The maximum absolute atomic E-state index is 10.5. The molecule has 0 saturated heterocycles. The molecule has 0 bridgehead atoms. The molecule has 0 aliphatic rings. The molecule has 1 aromatic carbocycles. The van der Waals surface area contributed by atoms with E-state index >= 15 is 0 Å². The lowest BCUT2D eigenvalue weighted by atomic mass is 10.2. The predicted octanol–water partition coefficient (Wildman–Crippen LogP) is 1.25. The Morgan fingerprint density at radius 3 is 2.55 bits per heavy atom. The summed E-state index contributed by atoms with van der Waals surface area (Å²) in [6.07, 6.45) is 0.108. The standard InChI is InChI=1S/C8H8O3/c9-8(11-10)6-7-4-2-1-3-5-7/h1-5,10H,6H2. The molecule has 3 nitrogen and oxygen atoms in total. The number of hydrogen-bond donors (Lipinski definition) is 1. The van der Waals surface area contributed by atoms with Crippen LogP contribution in [-0.4, -0.2) is 11.2 Å². The second-order valence-electron chi connectivity index (χ2n) is 2.13. The monoisotopic (exact) mass is 152 g/mol. The minimum absolute atomic E-state index is 0.108. The van der Waals surface area contributed by atoms with Crippen molar-refractivity contribution in [1.82, 2.24) is 0 Å². The molecule has 0 aromatic heterocycles. The average molecular weight is 152 g/mol. The van der Waals surface area contributed by atoms with Crippen molar-refractivity contribution in [2.75, 3.05) is 0 Å². The van der Waals surface area contributed by atoms with Gasteiger partial charge in [-0.15, -0.1) is 0 Å². The summed E-state index contributed by atoms with van der Waals surface area (Å²) in [6, 6.07) is 9.07. The van der Waals surface area contributed by atoms with Crippen molar-refractivity contribution in [2.45, 2.75) is 6.42 Å². The highest BCUT2D eigenvalue weighted by Crippen LogP contribution is 1.99. The lowest BCUT2D eigenvalue weighted by molar-refractivity contribution is -0.233. The van der Waals surface area contributed by atoms with Crippen LogP contribution in [0.2, 0.25) is 0 Å². The minimum Gasteiger partial charge on any atom is -0.301 e. The van der Waals surface area contributed by atoms with E-state index in [0.717, 1.165) is 5.56 Å². The summed E-state index contributed by atoms with van der Waals surface area (Å²) in [5, 5.41) is 7.95. The van der Waals surface area contributed by atoms with Crippen molar-refractivity contribution in [3.63, 3.8) is 0 Å². The SMILES string of the molecule is O=C(Cc1ccccc1)OO. The Labute approximate surface area is 64.2 Å². The molecule has 11 heavy (non-hydrogen) atoms. The topological polar surface area (TPSA) is 46.5 Å². The van der Waals surface area contributed by atoms with Crippen molar-refractivity contribution in [1.29, 1.82) is 0 Å².